The molecule has 0 aromatic carbocycles. The summed E-state index contributed by atoms with van der Waals surface area (Å²) < 4.78 is 5.36. The first-order chi connectivity index (χ1) is 6.79. The third kappa shape index (κ3) is 1.89. The van der Waals surface area contributed by atoms with Crippen molar-refractivity contribution < 1.29 is 9.53 Å². The monoisotopic (exact) mass is 211 g/mol. The molecule has 0 saturated heterocycles. The van der Waals surface area contributed by atoms with Crippen LogP contribution in [-0.2, 0) is 9.53 Å². The van der Waals surface area contributed by atoms with Gasteiger partial charge in [-0.2, -0.15) is 0 Å². The molecule has 2 N–H and O–H groups in total. The molecule has 0 radical (unpaired) electrons. The number of carbonyl (C=O) groups is 1. The van der Waals surface area contributed by atoms with E-state index in [1.807, 2.05) is 0 Å². The second-order valence-electron chi connectivity index (χ2n) is 6.26. The van der Waals surface area contributed by atoms with Gasteiger partial charge < -0.3 is 10.5 Å². The van der Waals surface area contributed by atoms with E-state index in [1.54, 1.807) is 0 Å². The van der Waals surface area contributed by atoms with Gasteiger partial charge in [0.1, 0.15) is 5.54 Å². The standard InChI is InChI=1S/C12H21NO2/c1-10(2,3)11(4-5-11)8-15-9(14)12(13)6-7-12/h4-8,13H2,1-3H3. The molecule has 3 nitrogen and oxygen atoms in total. The summed E-state index contributed by atoms with van der Waals surface area (Å²) in [7, 11) is 0. The third-order valence-corrected chi connectivity index (χ3v) is 4.12. The zero-order valence-corrected chi connectivity index (χ0v) is 9.93. The normalized spacial score (nSPS) is 25.9. The van der Waals surface area contributed by atoms with Gasteiger partial charge in [0.05, 0.1) is 6.61 Å². The molecule has 0 atom stereocenters. The lowest BCUT2D eigenvalue weighted by atomic mass is 9.78. The molecule has 2 aliphatic carbocycles. The van der Waals surface area contributed by atoms with Crippen LogP contribution >= 0.6 is 0 Å². The molecule has 0 aliphatic heterocycles. The van der Waals surface area contributed by atoms with Gasteiger partial charge in [0.25, 0.3) is 0 Å². The Bertz CT molecular complexity index is 282. The number of carbonyl (C=O) groups excluding carboxylic acids is 1. The molecule has 2 saturated carbocycles. The summed E-state index contributed by atoms with van der Waals surface area (Å²) in [6.45, 7) is 7.18. The van der Waals surface area contributed by atoms with Crippen molar-refractivity contribution in [3.05, 3.63) is 0 Å². The van der Waals surface area contributed by atoms with E-state index in [-0.39, 0.29) is 16.8 Å². The minimum absolute atomic E-state index is 0.196. The quantitative estimate of drug-likeness (QED) is 0.725. The molecule has 0 bridgehead atoms. The largest absolute Gasteiger partial charge is 0.464 e. The van der Waals surface area contributed by atoms with Gasteiger partial charge in [-0.25, -0.2) is 0 Å². The lowest BCUT2D eigenvalue weighted by molar-refractivity contribution is -0.149. The first kappa shape index (κ1) is 10.9. The molecule has 0 aromatic heterocycles. The fourth-order valence-electron chi connectivity index (χ4n) is 1.95. The highest BCUT2D eigenvalue weighted by Gasteiger charge is 2.54. The minimum atomic E-state index is -0.631. The predicted octanol–water partition coefficient (Wildman–Crippen LogP) is 1.85. The van der Waals surface area contributed by atoms with Crippen molar-refractivity contribution in [1.82, 2.24) is 0 Å². The van der Waals surface area contributed by atoms with Crippen LogP contribution in [-0.4, -0.2) is 18.1 Å². The zero-order chi connectivity index (χ0) is 11.3. The molecular formula is C12H21NO2. The molecule has 0 unspecified atom stereocenters. The molecule has 86 valence electrons. The van der Waals surface area contributed by atoms with E-state index < -0.39 is 5.54 Å². The summed E-state index contributed by atoms with van der Waals surface area (Å²) in [5.41, 5.74) is 5.58. The van der Waals surface area contributed by atoms with Crippen LogP contribution in [0.3, 0.4) is 0 Å². The first-order valence-corrected chi connectivity index (χ1v) is 5.75. The number of rotatable bonds is 3. The molecule has 0 heterocycles. The van der Waals surface area contributed by atoms with Crippen molar-refractivity contribution in [2.45, 2.75) is 52.0 Å². The van der Waals surface area contributed by atoms with Gasteiger partial charge >= 0.3 is 5.97 Å². The van der Waals surface area contributed by atoms with Crippen molar-refractivity contribution >= 4 is 5.97 Å². The van der Waals surface area contributed by atoms with Crippen LogP contribution in [0.4, 0.5) is 0 Å². The molecule has 2 fully saturated rings. The predicted molar refractivity (Wildman–Crippen MR) is 58.2 cm³/mol. The summed E-state index contributed by atoms with van der Waals surface area (Å²) in [6, 6.07) is 0. The summed E-state index contributed by atoms with van der Waals surface area (Å²) in [4.78, 5) is 11.6. The van der Waals surface area contributed by atoms with Gasteiger partial charge in [0.2, 0.25) is 0 Å². The molecule has 15 heavy (non-hydrogen) atoms. The van der Waals surface area contributed by atoms with Crippen molar-refractivity contribution in [3.63, 3.8) is 0 Å². The van der Waals surface area contributed by atoms with E-state index in [4.69, 9.17) is 10.5 Å². The highest BCUT2D eigenvalue weighted by molar-refractivity contribution is 5.83. The van der Waals surface area contributed by atoms with Crippen LogP contribution in [0, 0.1) is 10.8 Å². The van der Waals surface area contributed by atoms with E-state index in [9.17, 15) is 4.79 Å². The van der Waals surface area contributed by atoms with Gasteiger partial charge in [0, 0.05) is 5.41 Å². The summed E-state index contributed by atoms with van der Waals surface area (Å²) in [5.74, 6) is -0.196. The van der Waals surface area contributed by atoms with Gasteiger partial charge in [0.15, 0.2) is 0 Å². The molecule has 2 rings (SSSR count). The van der Waals surface area contributed by atoms with Crippen LogP contribution in [0.15, 0.2) is 0 Å². The Morgan fingerprint density at radius 1 is 1.27 bits per heavy atom. The summed E-state index contributed by atoms with van der Waals surface area (Å²) in [5, 5.41) is 0. The van der Waals surface area contributed by atoms with Gasteiger partial charge in [-0.15, -0.1) is 0 Å². The second-order valence-corrected chi connectivity index (χ2v) is 6.26. The SMILES string of the molecule is CC(C)(C)C1(COC(=O)C2(N)CC2)CC1. The van der Waals surface area contributed by atoms with Crippen molar-refractivity contribution in [1.29, 1.82) is 0 Å². The molecular weight excluding hydrogens is 190 g/mol. The minimum Gasteiger partial charge on any atom is -0.464 e. The Morgan fingerprint density at radius 2 is 1.80 bits per heavy atom. The summed E-state index contributed by atoms with van der Waals surface area (Å²) >= 11 is 0. The first-order valence-electron chi connectivity index (χ1n) is 5.75. The smallest absolute Gasteiger partial charge is 0.326 e. The van der Waals surface area contributed by atoms with Gasteiger partial charge in [-0.05, 0) is 31.1 Å². The Hall–Kier alpha value is -0.570. The average Bonchev–Trinajstić information content (AvgIpc) is 2.95. The van der Waals surface area contributed by atoms with Crippen LogP contribution < -0.4 is 5.73 Å². The van der Waals surface area contributed by atoms with Gasteiger partial charge in [-0.1, -0.05) is 20.8 Å². The molecule has 0 amide bonds. The lowest BCUT2D eigenvalue weighted by Crippen LogP contribution is -2.37. The van der Waals surface area contributed by atoms with Gasteiger partial charge in [-0.3, -0.25) is 4.79 Å². The zero-order valence-electron chi connectivity index (χ0n) is 9.93. The highest BCUT2D eigenvalue weighted by Crippen LogP contribution is 2.58. The van der Waals surface area contributed by atoms with Crippen LogP contribution in [0.5, 0.6) is 0 Å². The molecule has 3 heteroatoms. The fraction of sp³-hybridized carbons (Fsp3) is 0.917. The van der Waals surface area contributed by atoms with Crippen molar-refractivity contribution in [3.8, 4) is 0 Å². The number of ether oxygens (including phenoxy) is 1. The fourth-order valence-corrected chi connectivity index (χ4v) is 1.95. The molecule has 2 aliphatic rings. The van der Waals surface area contributed by atoms with E-state index >= 15 is 0 Å². The Morgan fingerprint density at radius 3 is 2.13 bits per heavy atom. The maximum Gasteiger partial charge on any atom is 0.326 e. The Kier molecular flexibility index (Phi) is 2.16. The maximum absolute atomic E-state index is 11.6. The van der Waals surface area contributed by atoms with Crippen LogP contribution in [0.1, 0.15) is 46.5 Å². The van der Waals surface area contributed by atoms with Crippen LogP contribution in [0.2, 0.25) is 0 Å². The maximum atomic E-state index is 11.6. The van der Waals surface area contributed by atoms with Crippen molar-refractivity contribution in [2.75, 3.05) is 6.61 Å². The molecule has 0 aromatic rings. The highest BCUT2D eigenvalue weighted by atomic mass is 16.5. The Balaban J connectivity index is 1.86. The second kappa shape index (κ2) is 2.97. The lowest BCUT2D eigenvalue weighted by Gasteiger charge is -2.30. The summed E-state index contributed by atoms with van der Waals surface area (Å²) in [6.07, 6.45) is 3.91. The van der Waals surface area contributed by atoms with E-state index in [1.165, 1.54) is 12.8 Å². The topological polar surface area (TPSA) is 52.3 Å². The number of hydrogen-bond acceptors (Lipinski definition) is 3. The molecule has 0 spiro atoms. The van der Waals surface area contributed by atoms with E-state index in [0.29, 0.717) is 6.61 Å². The van der Waals surface area contributed by atoms with Crippen molar-refractivity contribution in [2.24, 2.45) is 16.6 Å². The Labute approximate surface area is 91.4 Å². The number of nitrogens with two attached hydrogens (primary N) is 1. The number of esters is 1. The number of hydrogen-bond donors (Lipinski definition) is 1. The third-order valence-electron chi connectivity index (χ3n) is 4.12. The van der Waals surface area contributed by atoms with Crippen LogP contribution in [0.25, 0.3) is 0 Å². The average molecular weight is 211 g/mol. The van der Waals surface area contributed by atoms with E-state index in [0.717, 1.165) is 12.8 Å². The van der Waals surface area contributed by atoms with E-state index in [2.05, 4.69) is 20.8 Å².